The largest absolute Gasteiger partial charge is 0.495 e. The van der Waals surface area contributed by atoms with E-state index in [0.717, 1.165) is 32.2 Å². The molecule has 2 atom stereocenters. The van der Waals surface area contributed by atoms with Crippen molar-refractivity contribution in [2.24, 2.45) is 0 Å². The maximum absolute atomic E-state index is 13.1. The monoisotopic (exact) mass is 336 g/mol. The fourth-order valence-electron chi connectivity index (χ4n) is 4.49. The molecule has 1 amide bonds. The van der Waals surface area contributed by atoms with Crippen LogP contribution in [0.1, 0.15) is 46.7 Å². The molecule has 4 heteroatoms. The molecule has 0 spiro atoms. The molecule has 0 aromatic heterocycles. The van der Waals surface area contributed by atoms with Crippen molar-refractivity contribution in [1.82, 2.24) is 4.90 Å². The summed E-state index contributed by atoms with van der Waals surface area (Å²) in [6.07, 6.45) is 4.30. The van der Waals surface area contributed by atoms with Crippen molar-refractivity contribution in [2.45, 2.75) is 37.6 Å². The van der Waals surface area contributed by atoms with E-state index in [1.54, 1.807) is 19.2 Å². The van der Waals surface area contributed by atoms with E-state index in [4.69, 9.17) is 10.5 Å². The Morgan fingerprint density at radius 3 is 2.84 bits per heavy atom. The van der Waals surface area contributed by atoms with E-state index in [0.29, 0.717) is 29.0 Å². The molecule has 0 bridgehead atoms. The molecule has 1 fully saturated rings. The number of nitrogen functional groups attached to an aromatic ring is 1. The SMILES string of the molecule is COc1ccc(C(=O)N2CCCC3c4ccccc4CCC32)cc1N. The summed E-state index contributed by atoms with van der Waals surface area (Å²) >= 11 is 0. The number of benzene rings is 2. The van der Waals surface area contributed by atoms with Crippen molar-refractivity contribution in [3.8, 4) is 5.75 Å². The molecule has 2 aromatic rings. The third-order valence-corrected chi connectivity index (χ3v) is 5.68. The van der Waals surface area contributed by atoms with Gasteiger partial charge in [-0.15, -0.1) is 0 Å². The summed E-state index contributed by atoms with van der Waals surface area (Å²) in [4.78, 5) is 15.2. The fourth-order valence-corrected chi connectivity index (χ4v) is 4.49. The Bertz CT molecular complexity index is 802. The van der Waals surface area contributed by atoms with Crippen molar-refractivity contribution < 1.29 is 9.53 Å². The number of anilines is 1. The van der Waals surface area contributed by atoms with Crippen molar-refractivity contribution in [2.75, 3.05) is 19.4 Å². The van der Waals surface area contributed by atoms with Gasteiger partial charge in [-0.05, 0) is 55.0 Å². The average molecular weight is 336 g/mol. The van der Waals surface area contributed by atoms with Gasteiger partial charge in [0.1, 0.15) is 5.75 Å². The van der Waals surface area contributed by atoms with Crippen LogP contribution in [0.5, 0.6) is 5.75 Å². The summed E-state index contributed by atoms with van der Waals surface area (Å²) in [6, 6.07) is 14.3. The van der Waals surface area contributed by atoms with E-state index in [2.05, 4.69) is 29.2 Å². The van der Waals surface area contributed by atoms with Crippen LogP contribution in [0.2, 0.25) is 0 Å². The first kappa shape index (κ1) is 16.0. The van der Waals surface area contributed by atoms with E-state index in [9.17, 15) is 4.79 Å². The van der Waals surface area contributed by atoms with Gasteiger partial charge in [0.25, 0.3) is 5.91 Å². The zero-order valence-corrected chi connectivity index (χ0v) is 14.6. The first-order chi connectivity index (χ1) is 12.2. The molecule has 0 radical (unpaired) electrons. The Balaban J connectivity index is 1.63. The first-order valence-electron chi connectivity index (χ1n) is 9.01. The number of aryl methyl sites for hydroxylation is 1. The Kier molecular flexibility index (Phi) is 4.12. The van der Waals surface area contributed by atoms with Crippen LogP contribution in [0.4, 0.5) is 5.69 Å². The third-order valence-electron chi connectivity index (χ3n) is 5.68. The first-order valence-corrected chi connectivity index (χ1v) is 9.01. The molecule has 1 heterocycles. The average Bonchev–Trinajstić information content (AvgIpc) is 2.66. The lowest BCUT2D eigenvalue weighted by Gasteiger charge is -2.45. The van der Waals surface area contributed by atoms with Gasteiger partial charge < -0.3 is 15.4 Å². The predicted octanol–water partition coefficient (Wildman–Crippen LogP) is 3.61. The molecule has 25 heavy (non-hydrogen) atoms. The molecule has 4 nitrogen and oxygen atoms in total. The van der Waals surface area contributed by atoms with Crippen LogP contribution >= 0.6 is 0 Å². The number of fused-ring (bicyclic) bond motifs is 3. The number of nitrogens with two attached hydrogens (primary N) is 1. The van der Waals surface area contributed by atoms with Crippen molar-refractivity contribution >= 4 is 11.6 Å². The Morgan fingerprint density at radius 2 is 2.04 bits per heavy atom. The normalized spacial score (nSPS) is 22.0. The third kappa shape index (κ3) is 2.76. The van der Waals surface area contributed by atoms with Gasteiger partial charge in [-0.25, -0.2) is 0 Å². The van der Waals surface area contributed by atoms with E-state index < -0.39 is 0 Å². The van der Waals surface area contributed by atoms with Crippen molar-refractivity contribution in [3.63, 3.8) is 0 Å². The van der Waals surface area contributed by atoms with Gasteiger partial charge in [-0.3, -0.25) is 4.79 Å². The van der Waals surface area contributed by atoms with Gasteiger partial charge in [0.05, 0.1) is 12.8 Å². The minimum absolute atomic E-state index is 0.0865. The molecule has 0 saturated carbocycles. The Morgan fingerprint density at radius 1 is 1.20 bits per heavy atom. The standard InChI is InChI=1S/C21H24N2O2/c1-25-20-11-9-15(13-18(20)22)21(24)23-12-4-7-17-16-6-3-2-5-14(16)8-10-19(17)23/h2-3,5-6,9,11,13,17,19H,4,7-8,10,12,22H2,1H3. The highest BCUT2D eigenvalue weighted by Crippen LogP contribution is 2.41. The summed E-state index contributed by atoms with van der Waals surface area (Å²) in [5.41, 5.74) is 10.0. The second-order valence-corrected chi connectivity index (χ2v) is 7.01. The van der Waals surface area contributed by atoms with Crippen LogP contribution in [-0.2, 0) is 6.42 Å². The van der Waals surface area contributed by atoms with Crippen LogP contribution in [0.25, 0.3) is 0 Å². The summed E-state index contributed by atoms with van der Waals surface area (Å²) in [5.74, 6) is 1.15. The minimum Gasteiger partial charge on any atom is -0.495 e. The number of rotatable bonds is 2. The topological polar surface area (TPSA) is 55.6 Å². The number of amides is 1. The minimum atomic E-state index is 0.0865. The predicted molar refractivity (Wildman–Crippen MR) is 99.0 cm³/mol. The lowest BCUT2D eigenvalue weighted by molar-refractivity contribution is 0.0547. The van der Waals surface area contributed by atoms with Gasteiger partial charge in [-0.2, -0.15) is 0 Å². The number of methoxy groups -OCH3 is 1. The molecule has 1 aliphatic carbocycles. The Labute approximate surface area is 148 Å². The highest BCUT2D eigenvalue weighted by Gasteiger charge is 2.38. The van der Waals surface area contributed by atoms with Crippen LogP contribution in [0.15, 0.2) is 42.5 Å². The quantitative estimate of drug-likeness (QED) is 0.852. The second kappa shape index (κ2) is 6.43. The van der Waals surface area contributed by atoms with Crippen LogP contribution in [0.3, 0.4) is 0 Å². The van der Waals surface area contributed by atoms with Gasteiger partial charge in [0.2, 0.25) is 0 Å². The van der Waals surface area contributed by atoms with E-state index in [1.807, 2.05) is 6.07 Å². The van der Waals surface area contributed by atoms with Crippen molar-refractivity contribution in [1.29, 1.82) is 0 Å². The lowest BCUT2D eigenvalue weighted by Crippen LogP contribution is -2.49. The van der Waals surface area contributed by atoms with Gasteiger partial charge in [-0.1, -0.05) is 24.3 Å². The number of ether oxygens (including phenoxy) is 1. The van der Waals surface area contributed by atoms with Gasteiger partial charge in [0.15, 0.2) is 0 Å². The smallest absolute Gasteiger partial charge is 0.254 e. The molecule has 2 unspecified atom stereocenters. The number of piperidine rings is 1. The van der Waals surface area contributed by atoms with Crippen LogP contribution in [0, 0.1) is 0 Å². The van der Waals surface area contributed by atoms with Crippen molar-refractivity contribution in [3.05, 3.63) is 59.2 Å². The fraction of sp³-hybridized carbons (Fsp3) is 0.381. The molecule has 2 N–H and O–H groups in total. The molecular formula is C21H24N2O2. The number of carbonyl (C=O) groups excluding carboxylic acids is 1. The zero-order valence-electron chi connectivity index (χ0n) is 14.6. The summed E-state index contributed by atoms with van der Waals surface area (Å²) in [7, 11) is 1.59. The van der Waals surface area contributed by atoms with Gasteiger partial charge >= 0.3 is 0 Å². The number of likely N-dealkylation sites (tertiary alicyclic amines) is 1. The van der Waals surface area contributed by atoms with E-state index >= 15 is 0 Å². The summed E-state index contributed by atoms with van der Waals surface area (Å²) < 4.78 is 5.20. The number of carbonyl (C=O) groups is 1. The van der Waals surface area contributed by atoms with Gasteiger partial charge in [0, 0.05) is 24.1 Å². The zero-order chi connectivity index (χ0) is 17.4. The number of nitrogens with zero attached hydrogens (tertiary/aromatic N) is 1. The molecule has 130 valence electrons. The highest BCUT2D eigenvalue weighted by molar-refractivity contribution is 5.96. The molecule has 2 aromatic carbocycles. The molecule has 1 saturated heterocycles. The molecule has 2 aliphatic rings. The van der Waals surface area contributed by atoms with Crippen LogP contribution < -0.4 is 10.5 Å². The summed E-state index contributed by atoms with van der Waals surface area (Å²) in [5, 5.41) is 0. The molecule has 1 aliphatic heterocycles. The summed E-state index contributed by atoms with van der Waals surface area (Å²) in [6.45, 7) is 0.827. The van der Waals surface area contributed by atoms with Crippen LogP contribution in [-0.4, -0.2) is 30.5 Å². The molecule has 4 rings (SSSR count). The Hall–Kier alpha value is -2.49. The molecular weight excluding hydrogens is 312 g/mol. The number of hydrogen-bond donors (Lipinski definition) is 1. The lowest BCUT2D eigenvalue weighted by atomic mass is 9.74. The van der Waals surface area contributed by atoms with E-state index in [1.165, 1.54) is 11.1 Å². The van der Waals surface area contributed by atoms with E-state index in [-0.39, 0.29) is 5.91 Å². The maximum Gasteiger partial charge on any atom is 0.254 e. The maximum atomic E-state index is 13.1. The highest BCUT2D eigenvalue weighted by atomic mass is 16.5. The number of hydrogen-bond acceptors (Lipinski definition) is 3. The second-order valence-electron chi connectivity index (χ2n) is 7.01.